The Morgan fingerprint density at radius 3 is 2.44 bits per heavy atom. The molecular weight excluding hydrogens is 220 g/mol. The highest BCUT2D eigenvalue weighted by Crippen LogP contribution is 2.30. The number of ketones is 1. The third kappa shape index (κ3) is 2.61. The maximum absolute atomic E-state index is 11.2. The van der Waals surface area contributed by atoms with Gasteiger partial charge >= 0.3 is 0 Å². The van der Waals surface area contributed by atoms with Crippen LogP contribution in [0.15, 0.2) is 36.4 Å². The zero-order valence-electron chi connectivity index (χ0n) is 11.6. The van der Waals surface area contributed by atoms with Gasteiger partial charge in [-0.1, -0.05) is 57.2 Å². The molecule has 0 aromatic heterocycles. The molecule has 0 fully saturated rings. The molecule has 0 saturated carbocycles. The fourth-order valence-electron chi connectivity index (χ4n) is 2.38. The molecule has 0 heterocycles. The van der Waals surface area contributed by atoms with Crippen molar-refractivity contribution in [3.8, 4) is 0 Å². The van der Waals surface area contributed by atoms with Crippen LogP contribution in [-0.4, -0.2) is 5.78 Å². The third-order valence-corrected chi connectivity index (χ3v) is 3.21. The maximum atomic E-state index is 11.2. The quantitative estimate of drug-likeness (QED) is 0.766. The Morgan fingerprint density at radius 2 is 1.83 bits per heavy atom. The van der Waals surface area contributed by atoms with Gasteiger partial charge in [0.1, 0.15) is 5.78 Å². The van der Waals surface area contributed by atoms with Crippen LogP contribution in [0.3, 0.4) is 0 Å². The van der Waals surface area contributed by atoms with Gasteiger partial charge in [-0.25, -0.2) is 0 Å². The average Bonchev–Trinajstić information content (AvgIpc) is 2.25. The van der Waals surface area contributed by atoms with E-state index in [2.05, 4.69) is 57.2 Å². The minimum Gasteiger partial charge on any atom is -0.300 e. The summed E-state index contributed by atoms with van der Waals surface area (Å²) in [4.78, 5) is 11.2. The van der Waals surface area contributed by atoms with Crippen LogP contribution in [0.1, 0.15) is 38.8 Å². The van der Waals surface area contributed by atoms with Crippen LogP contribution in [0.5, 0.6) is 0 Å². The predicted molar refractivity (Wildman–Crippen MR) is 77.0 cm³/mol. The first-order chi connectivity index (χ1) is 8.38. The Labute approximate surface area is 109 Å². The van der Waals surface area contributed by atoms with Crippen molar-refractivity contribution in [2.45, 2.75) is 39.5 Å². The number of Topliss-reactive ketones (excluding diaryl/α,β-unsaturated/α-hetero) is 1. The number of hydrogen-bond donors (Lipinski definition) is 0. The Kier molecular flexibility index (Phi) is 3.25. The van der Waals surface area contributed by atoms with Gasteiger partial charge in [0.05, 0.1) is 0 Å². The van der Waals surface area contributed by atoms with E-state index in [1.165, 1.54) is 16.3 Å². The monoisotopic (exact) mass is 240 g/mol. The molecule has 2 aromatic carbocycles. The van der Waals surface area contributed by atoms with Gasteiger partial charge in [-0.05, 0) is 34.2 Å². The van der Waals surface area contributed by atoms with Crippen LogP contribution in [0.25, 0.3) is 10.8 Å². The second kappa shape index (κ2) is 4.56. The Balaban J connectivity index is 2.57. The van der Waals surface area contributed by atoms with Crippen molar-refractivity contribution in [3.63, 3.8) is 0 Å². The third-order valence-electron chi connectivity index (χ3n) is 3.21. The van der Waals surface area contributed by atoms with Crippen molar-refractivity contribution in [2.75, 3.05) is 0 Å². The first-order valence-corrected chi connectivity index (χ1v) is 6.39. The van der Waals surface area contributed by atoms with E-state index < -0.39 is 0 Å². The molecule has 0 aliphatic rings. The molecule has 0 saturated heterocycles. The van der Waals surface area contributed by atoms with Crippen molar-refractivity contribution in [2.24, 2.45) is 0 Å². The van der Waals surface area contributed by atoms with Crippen LogP contribution < -0.4 is 0 Å². The summed E-state index contributed by atoms with van der Waals surface area (Å²) >= 11 is 0. The number of carbonyl (C=O) groups excluding carboxylic acids is 1. The van der Waals surface area contributed by atoms with Crippen LogP contribution in [0, 0.1) is 0 Å². The molecule has 94 valence electrons. The normalized spacial score (nSPS) is 11.8. The van der Waals surface area contributed by atoms with E-state index in [-0.39, 0.29) is 11.2 Å². The van der Waals surface area contributed by atoms with Crippen molar-refractivity contribution in [1.29, 1.82) is 0 Å². The molecule has 0 atom stereocenters. The highest BCUT2D eigenvalue weighted by molar-refractivity contribution is 5.88. The SMILES string of the molecule is CC(=O)Cc1ccc2c(C(C)(C)C)cccc2c1. The lowest BCUT2D eigenvalue weighted by Gasteiger charge is -2.21. The average molecular weight is 240 g/mol. The van der Waals surface area contributed by atoms with Crippen LogP contribution in [-0.2, 0) is 16.6 Å². The Morgan fingerprint density at radius 1 is 1.11 bits per heavy atom. The molecule has 0 bridgehead atoms. The zero-order valence-corrected chi connectivity index (χ0v) is 11.6. The number of carbonyl (C=O) groups is 1. The van der Waals surface area contributed by atoms with E-state index in [1.807, 2.05) is 0 Å². The van der Waals surface area contributed by atoms with Crippen LogP contribution in [0.4, 0.5) is 0 Å². The molecule has 0 radical (unpaired) electrons. The molecule has 0 amide bonds. The van der Waals surface area contributed by atoms with Crippen LogP contribution >= 0.6 is 0 Å². The summed E-state index contributed by atoms with van der Waals surface area (Å²) in [6.07, 6.45) is 0.523. The first-order valence-electron chi connectivity index (χ1n) is 6.39. The number of hydrogen-bond acceptors (Lipinski definition) is 1. The lowest BCUT2D eigenvalue weighted by Crippen LogP contribution is -2.11. The van der Waals surface area contributed by atoms with E-state index in [1.54, 1.807) is 6.92 Å². The molecule has 0 aliphatic carbocycles. The molecule has 1 nitrogen and oxygen atoms in total. The van der Waals surface area contributed by atoms with Crippen LogP contribution in [0.2, 0.25) is 0 Å². The minimum atomic E-state index is 0.140. The predicted octanol–water partition coefficient (Wildman–Crippen LogP) is 4.27. The maximum Gasteiger partial charge on any atom is 0.134 e. The van der Waals surface area contributed by atoms with E-state index in [0.717, 1.165) is 5.56 Å². The van der Waals surface area contributed by atoms with Gasteiger partial charge in [-0.3, -0.25) is 4.79 Å². The van der Waals surface area contributed by atoms with Gasteiger partial charge in [-0.2, -0.15) is 0 Å². The fourth-order valence-corrected chi connectivity index (χ4v) is 2.38. The molecule has 2 rings (SSSR count). The molecule has 2 aromatic rings. The van der Waals surface area contributed by atoms with Crippen molar-refractivity contribution in [3.05, 3.63) is 47.5 Å². The van der Waals surface area contributed by atoms with Gasteiger partial charge < -0.3 is 0 Å². The lowest BCUT2D eigenvalue weighted by atomic mass is 9.83. The van der Waals surface area contributed by atoms with Gasteiger partial charge in [-0.15, -0.1) is 0 Å². The molecule has 0 unspecified atom stereocenters. The van der Waals surface area contributed by atoms with Gasteiger partial charge in [0.15, 0.2) is 0 Å². The highest BCUT2D eigenvalue weighted by Gasteiger charge is 2.16. The summed E-state index contributed by atoms with van der Waals surface area (Å²) in [6, 6.07) is 12.8. The van der Waals surface area contributed by atoms with E-state index >= 15 is 0 Å². The van der Waals surface area contributed by atoms with Crippen molar-refractivity contribution in [1.82, 2.24) is 0 Å². The molecule has 0 N–H and O–H groups in total. The van der Waals surface area contributed by atoms with E-state index in [0.29, 0.717) is 6.42 Å². The van der Waals surface area contributed by atoms with Gasteiger partial charge in [0, 0.05) is 6.42 Å². The smallest absolute Gasteiger partial charge is 0.134 e. The summed E-state index contributed by atoms with van der Waals surface area (Å²) in [5, 5.41) is 2.51. The minimum absolute atomic E-state index is 0.140. The van der Waals surface area contributed by atoms with Crippen molar-refractivity contribution < 1.29 is 4.79 Å². The Bertz CT molecular complexity index is 588. The summed E-state index contributed by atoms with van der Waals surface area (Å²) in [5.41, 5.74) is 2.59. The number of fused-ring (bicyclic) bond motifs is 1. The topological polar surface area (TPSA) is 17.1 Å². The van der Waals surface area contributed by atoms with E-state index in [4.69, 9.17) is 0 Å². The summed E-state index contributed by atoms with van der Waals surface area (Å²) in [5.74, 6) is 0.210. The second-order valence-corrected chi connectivity index (χ2v) is 5.99. The summed E-state index contributed by atoms with van der Waals surface area (Å²) in [7, 11) is 0. The standard InChI is InChI=1S/C17H20O/c1-12(18)10-13-8-9-15-14(11-13)6-5-7-16(15)17(2,3)4/h5-9,11H,10H2,1-4H3. The van der Waals surface area contributed by atoms with Crippen molar-refractivity contribution >= 4 is 16.6 Å². The summed E-state index contributed by atoms with van der Waals surface area (Å²) < 4.78 is 0. The first kappa shape index (κ1) is 12.8. The molecule has 0 spiro atoms. The molecule has 1 heteroatoms. The zero-order chi connectivity index (χ0) is 13.3. The molecular formula is C17H20O. The van der Waals surface area contributed by atoms with Gasteiger partial charge in [0.2, 0.25) is 0 Å². The molecule has 18 heavy (non-hydrogen) atoms. The van der Waals surface area contributed by atoms with Gasteiger partial charge in [0.25, 0.3) is 0 Å². The largest absolute Gasteiger partial charge is 0.300 e. The highest BCUT2D eigenvalue weighted by atomic mass is 16.1. The Hall–Kier alpha value is -1.63. The number of benzene rings is 2. The lowest BCUT2D eigenvalue weighted by molar-refractivity contribution is -0.116. The molecule has 0 aliphatic heterocycles. The number of rotatable bonds is 2. The second-order valence-electron chi connectivity index (χ2n) is 5.99. The summed E-state index contributed by atoms with van der Waals surface area (Å²) in [6.45, 7) is 8.32. The van der Waals surface area contributed by atoms with E-state index in [9.17, 15) is 4.79 Å². The fraction of sp³-hybridized carbons (Fsp3) is 0.353.